The summed E-state index contributed by atoms with van der Waals surface area (Å²) in [6, 6.07) is 31.3. The number of sulfonamides is 1. The van der Waals surface area contributed by atoms with Crippen LogP contribution in [-0.2, 0) is 32.6 Å². The number of aryl methyl sites for hydroxylation is 2. The minimum atomic E-state index is -4.10. The third-order valence-electron chi connectivity index (χ3n) is 7.05. The first kappa shape index (κ1) is 29.6. The molecule has 4 rings (SSSR count). The molecule has 1 N–H and O–H groups in total. The highest BCUT2D eigenvalue weighted by molar-refractivity contribution is 7.92. The molecule has 0 aromatic heterocycles. The summed E-state index contributed by atoms with van der Waals surface area (Å²) < 4.78 is 29.0. The lowest BCUT2D eigenvalue weighted by Gasteiger charge is -2.34. The Morgan fingerprint density at radius 3 is 1.98 bits per heavy atom. The fourth-order valence-electron chi connectivity index (χ4n) is 4.65. The molecule has 0 fully saturated rings. The number of carbonyl (C=O) groups excluding carboxylic acids is 2. The average molecular weight is 570 g/mol. The number of likely N-dealkylation sites (N-methyl/N-ethyl adjacent to an activating group) is 1. The van der Waals surface area contributed by atoms with Crippen molar-refractivity contribution in [3.05, 3.63) is 131 Å². The van der Waals surface area contributed by atoms with E-state index in [0.29, 0.717) is 5.69 Å². The molecule has 0 saturated carbocycles. The van der Waals surface area contributed by atoms with Gasteiger partial charge in [0.05, 0.1) is 10.6 Å². The smallest absolute Gasteiger partial charge is 0.264 e. The molecule has 41 heavy (non-hydrogen) atoms. The second-order valence-electron chi connectivity index (χ2n) is 9.93. The van der Waals surface area contributed by atoms with Crippen LogP contribution in [0.25, 0.3) is 0 Å². The molecule has 1 unspecified atom stereocenters. The first-order valence-electron chi connectivity index (χ1n) is 13.4. The van der Waals surface area contributed by atoms with Crippen LogP contribution in [-0.4, -0.2) is 44.8 Å². The third-order valence-corrected chi connectivity index (χ3v) is 8.84. The fourth-order valence-corrected chi connectivity index (χ4v) is 6.09. The molecule has 0 radical (unpaired) electrons. The van der Waals surface area contributed by atoms with Crippen molar-refractivity contribution in [2.75, 3.05) is 17.9 Å². The number of anilines is 1. The standard InChI is InChI=1S/C33H35N3O4S/c1-25-18-20-29(21-19-25)36(41(39,40)30-16-8-5-9-17-30)24-32(37)35(23-28-15-11-10-12-26(28)2)31(33(38)34-3)22-27-13-6-4-7-14-27/h4-21,31H,22-24H2,1-3H3,(H,34,38). The summed E-state index contributed by atoms with van der Waals surface area (Å²) in [7, 11) is -2.56. The van der Waals surface area contributed by atoms with Gasteiger partial charge in [0.15, 0.2) is 0 Å². The predicted octanol–water partition coefficient (Wildman–Crippen LogP) is 4.88. The van der Waals surface area contributed by atoms with Gasteiger partial charge in [0.2, 0.25) is 11.8 Å². The van der Waals surface area contributed by atoms with Crippen LogP contribution in [0.1, 0.15) is 22.3 Å². The molecular weight excluding hydrogens is 534 g/mol. The van der Waals surface area contributed by atoms with Crippen molar-refractivity contribution in [2.45, 2.75) is 37.8 Å². The van der Waals surface area contributed by atoms with Crippen molar-refractivity contribution in [3.63, 3.8) is 0 Å². The predicted molar refractivity (Wildman–Crippen MR) is 162 cm³/mol. The quantitative estimate of drug-likeness (QED) is 0.279. The molecule has 0 spiro atoms. The van der Waals surface area contributed by atoms with Gasteiger partial charge in [-0.2, -0.15) is 0 Å². The van der Waals surface area contributed by atoms with Gasteiger partial charge in [-0.25, -0.2) is 8.42 Å². The van der Waals surface area contributed by atoms with Crippen LogP contribution in [0.2, 0.25) is 0 Å². The zero-order chi connectivity index (χ0) is 29.4. The normalized spacial score (nSPS) is 11.9. The molecule has 0 heterocycles. The molecule has 0 aliphatic rings. The highest BCUT2D eigenvalue weighted by atomic mass is 32.2. The van der Waals surface area contributed by atoms with E-state index in [4.69, 9.17) is 0 Å². The average Bonchev–Trinajstić information content (AvgIpc) is 2.99. The number of rotatable bonds is 11. The molecule has 7 nitrogen and oxygen atoms in total. The zero-order valence-corrected chi connectivity index (χ0v) is 24.3. The summed E-state index contributed by atoms with van der Waals surface area (Å²) in [6.07, 6.45) is 0.272. The number of hydrogen-bond donors (Lipinski definition) is 1. The summed E-state index contributed by atoms with van der Waals surface area (Å²) >= 11 is 0. The number of benzene rings is 4. The Hall–Kier alpha value is -4.43. The minimum absolute atomic E-state index is 0.0750. The number of nitrogens with one attached hydrogen (secondary N) is 1. The van der Waals surface area contributed by atoms with E-state index >= 15 is 0 Å². The zero-order valence-electron chi connectivity index (χ0n) is 23.5. The molecule has 2 amide bonds. The highest BCUT2D eigenvalue weighted by Gasteiger charge is 2.34. The van der Waals surface area contributed by atoms with Crippen LogP contribution in [0.15, 0.2) is 114 Å². The molecule has 0 saturated heterocycles. The lowest BCUT2D eigenvalue weighted by molar-refractivity contribution is -0.139. The van der Waals surface area contributed by atoms with Crippen molar-refractivity contribution in [3.8, 4) is 0 Å². The number of nitrogens with zero attached hydrogens (tertiary/aromatic N) is 2. The molecule has 0 aliphatic heterocycles. The summed E-state index contributed by atoms with van der Waals surface area (Å²) in [5.41, 5.74) is 4.05. The third kappa shape index (κ3) is 7.21. The summed E-state index contributed by atoms with van der Waals surface area (Å²) in [6.45, 7) is 3.52. The molecule has 0 bridgehead atoms. The second-order valence-corrected chi connectivity index (χ2v) is 11.8. The van der Waals surface area contributed by atoms with Gasteiger partial charge in [-0.1, -0.05) is 90.5 Å². The van der Waals surface area contributed by atoms with Gasteiger partial charge in [0, 0.05) is 20.0 Å². The first-order chi connectivity index (χ1) is 19.7. The molecule has 4 aromatic carbocycles. The largest absolute Gasteiger partial charge is 0.357 e. The van der Waals surface area contributed by atoms with E-state index in [2.05, 4.69) is 5.32 Å². The van der Waals surface area contributed by atoms with Crippen molar-refractivity contribution < 1.29 is 18.0 Å². The lowest BCUT2D eigenvalue weighted by Crippen LogP contribution is -2.53. The van der Waals surface area contributed by atoms with E-state index in [0.717, 1.165) is 26.6 Å². The minimum Gasteiger partial charge on any atom is -0.357 e. The molecule has 4 aromatic rings. The van der Waals surface area contributed by atoms with Gasteiger partial charge >= 0.3 is 0 Å². The van der Waals surface area contributed by atoms with Gasteiger partial charge in [-0.15, -0.1) is 0 Å². The first-order valence-corrected chi connectivity index (χ1v) is 14.9. The topological polar surface area (TPSA) is 86.8 Å². The van der Waals surface area contributed by atoms with Gasteiger partial charge in [-0.3, -0.25) is 13.9 Å². The van der Waals surface area contributed by atoms with Crippen LogP contribution >= 0.6 is 0 Å². The van der Waals surface area contributed by atoms with E-state index in [1.807, 2.05) is 68.4 Å². The Labute approximate surface area is 242 Å². The highest BCUT2D eigenvalue weighted by Crippen LogP contribution is 2.25. The summed E-state index contributed by atoms with van der Waals surface area (Å²) in [4.78, 5) is 29.2. The Balaban J connectivity index is 1.78. The van der Waals surface area contributed by atoms with Crippen molar-refractivity contribution >= 4 is 27.5 Å². The van der Waals surface area contributed by atoms with E-state index in [9.17, 15) is 18.0 Å². The van der Waals surface area contributed by atoms with Crippen LogP contribution in [0.4, 0.5) is 5.69 Å². The molecule has 8 heteroatoms. The lowest BCUT2D eigenvalue weighted by atomic mass is 10.0. The molecular formula is C33H35N3O4S. The monoisotopic (exact) mass is 569 g/mol. The van der Waals surface area contributed by atoms with Crippen LogP contribution in [0.5, 0.6) is 0 Å². The van der Waals surface area contributed by atoms with Gasteiger partial charge in [0.1, 0.15) is 12.6 Å². The van der Waals surface area contributed by atoms with Crippen LogP contribution in [0.3, 0.4) is 0 Å². The van der Waals surface area contributed by atoms with E-state index in [1.165, 1.54) is 24.1 Å². The Morgan fingerprint density at radius 1 is 0.780 bits per heavy atom. The number of carbonyl (C=O) groups is 2. The number of amides is 2. The van der Waals surface area contributed by atoms with Crippen molar-refractivity contribution in [1.29, 1.82) is 0 Å². The summed E-state index contributed by atoms with van der Waals surface area (Å²) in [5, 5.41) is 2.70. The fraction of sp³-hybridized carbons (Fsp3) is 0.212. The van der Waals surface area contributed by atoms with Gasteiger partial charge in [-0.05, 0) is 54.8 Å². The second kappa shape index (κ2) is 13.3. The van der Waals surface area contributed by atoms with E-state index < -0.39 is 28.5 Å². The van der Waals surface area contributed by atoms with E-state index in [-0.39, 0.29) is 23.8 Å². The van der Waals surface area contributed by atoms with Crippen LogP contribution < -0.4 is 9.62 Å². The van der Waals surface area contributed by atoms with Crippen molar-refractivity contribution in [1.82, 2.24) is 10.2 Å². The maximum atomic E-state index is 14.3. The van der Waals surface area contributed by atoms with Crippen LogP contribution in [0, 0.1) is 13.8 Å². The SMILES string of the molecule is CNC(=O)C(Cc1ccccc1)N(Cc1ccccc1C)C(=O)CN(c1ccc(C)cc1)S(=O)(=O)c1ccccc1. The summed E-state index contributed by atoms with van der Waals surface area (Å²) in [5.74, 6) is -0.818. The van der Waals surface area contributed by atoms with Gasteiger partial charge in [0.25, 0.3) is 10.0 Å². The maximum Gasteiger partial charge on any atom is 0.264 e. The molecule has 1 atom stereocenters. The molecule has 212 valence electrons. The van der Waals surface area contributed by atoms with Crippen molar-refractivity contribution in [2.24, 2.45) is 0 Å². The Morgan fingerprint density at radius 2 is 1.37 bits per heavy atom. The Bertz CT molecular complexity index is 1570. The van der Waals surface area contributed by atoms with Gasteiger partial charge < -0.3 is 10.2 Å². The van der Waals surface area contributed by atoms with E-state index in [1.54, 1.807) is 42.5 Å². The number of hydrogen-bond acceptors (Lipinski definition) is 4. The molecule has 0 aliphatic carbocycles. The maximum absolute atomic E-state index is 14.3. The Kier molecular flexibility index (Phi) is 9.57.